The summed E-state index contributed by atoms with van der Waals surface area (Å²) in [5.74, 6) is -0.558. The van der Waals surface area contributed by atoms with Gasteiger partial charge in [-0.05, 0) is 54.7 Å². The summed E-state index contributed by atoms with van der Waals surface area (Å²) >= 11 is 0. The third-order valence-corrected chi connectivity index (χ3v) is 5.47. The van der Waals surface area contributed by atoms with Crippen LogP contribution in [-0.2, 0) is 17.8 Å². The first-order valence-electron chi connectivity index (χ1n) is 11.1. The van der Waals surface area contributed by atoms with E-state index in [2.05, 4.69) is 20.9 Å². The molecule has 0 aliphatic rings. The zero-order valence-electron chi connectivity index (χ0n) is 18.9. The number of nitrogens with one attached hydrogen (secondary N) is 2. The van der Waals surface area contributed by atoms with Gasteiger partial charge in [0.05, 0.1) is 12.3 Å². The quantitative estimate of drug-likeness (QED) is 0.321. The van der Waals surface area contributed by atoms with E-state index < -0.39 is 12.1 Å². The second kappa shape index (κ2) is 11.9. The van der Waals surface area contributed by atoms with Crippen LogP contribution in [0.3, 0.4) is 0 Å². The van der Waals surface area contributed by atoms with Crippen molar-refractivity contribution in [2.75, 3.05) is 11.9 Å². The van der Waals surface area contributed by atoms with Gasteiger partial charge in [-0.15, -0.1) is 5.10 Å². The molecule has 3 aromatic rings. The summed E-state index contributed by atoms with van der Waals surface area (Å²) in [6, 6.07) is 11.9. The van der Waals surface area contributed by atoms with Crippen molar-refractivity contribution in [3.63, 3.8) is 0 Å². The number of anilines is 1. The molecular formula is C24H29FN6O3. The number of primary amides is 1. The molecule has 0 saturated carbocycles. The number of benzene rings is 2. The van der Waals surface area contributed by atoms with E-state index in [4.69, 9.17) is 5.73 Å². The second-order valence-electron chi connectivity index (χ2n) is 8.15. The van der Waals surface area contributed by atoms with Crippen LogP contribution < -0.4 is 16.4 Å². The summed E-state index contributed by atoms with van der Waals surface area (Å²) in [4.78, 5) is 24.1. The average Bonchev–Trinajstić information content (AvgIpc) is 3.31. The fraction of sp³-hybridized carbons (Fsp3) is 0.333. The molecule has 0 unspecified atom stereocenters. The molecule has 0 aliphatic heterocycles. The molecule has 0 radical (unpaired) electrons. The molecule has 3 amide bonds. The minimum Gasteiger partial charge on any atom is -0.392 e. The van der Waals surface area contributed by atoms with Gasteiger partial charge in [0.25, 0.3) is 0 Å². The van der Waals surface area contributed by atoms with Crippen molar-refractivity contribution in [1.29, 1.82) is 0 Å². The van der Waals surface area contributed by atoms with Gasteiger partial charge in [-0.25, -0.2) is 13.9 Å². The van der Waals surface area contributed by atoms with Crippen LogP contribution >= 0.6 is 0 Å². The highest BCUT2D eigenvalue weighted by Gasteiger charge is 2.23. The fourth-order valence-corrected chi connectivity index (χ4v) is 3.56. The van der Waals surface area contributed by atoms with Crippen LogP contribution in [0.5, 0.6) is 0 Å². The van der Waals surface area contributed by atoms with Crippen molar-refractivity contribution in [3.8, 4) is 0 Å². The molecule has 5 N–H and O–H groups in total. The Labute approximate surface area is 197 Å². The Balaban J connectivity index is 1.72. The zero-order valence-corrected chi connectivity index (χ0v) is 18.9. The van der Waals surface area contributed by atoms with E-state index in [0.717, 1.165) is 11.1 Å². The molecule has 0 saturated heterocycles. The highest BCUT2D eigenvalue weighted by atomic mass is 19.1. The molecule has 2 aromatic carbocycles. The van der Waals surface area contributed by atoms with Crippen LogP contribution in [0.25, 0.3) is 0 Å². The fourth-order valence-electron chi connectivity index (χ4n) is 3.56. The van der Waals surface area contributed by atoms with E-state index in [1.807, 2.05) is 6.92 Å². The van der Waals surface area contributed by atoms with Crippen LogP contribution in [0, 0.1) is 5.82 Å². The first kappa shape index (κ1) is 24.8. The molecule has 0 bridgehead atoms. The second-order valence-corrected chi connectivity index (χ2v) is 8.15. The smallest absolute Gasteiger partial charge is 0.312 e. The Morgan fingerprint density at radius 2 is 1.79 bits per heavy atom. The lowest BCUT2D eigenvalue weighted by Gasteiger charge is -2.17. The Hall–Kier alpha value is -3.79. The van der Waals surface area contributed by atoms with Gasteiger partial charge in [0.1, 0.15) is 11.9 Å². The minimum absolute atomic E-state index is 0.00507. The molecule has 34 heavy (non-hydrogen) atoms. The van der Waals surface area contributed by atoms with Crippen LogP contribution in [0.1, 0.15) is 48.5 Å². The van der Waals surface area contributed by atoms with Gasteiger partial charge in [0, 0.05) is 24.3 Å². The molecule has 3 rings (SSSR count). The number of halogens is 1. The summed E-state index contributed by atoms with van der Waals surface area (Å²) in [7, 11) is 0. The van der Waals surface area contributed by atoms with E-state index >= 15 is 0 Å². The SMILES string of the molecule is C[C@@H](Cc1ccc(F)cc1)c1cn([C@@H](CCCNC(N)=O)C(=O)Nc2ccc(CO)cc2)nn1. The maximum atomic E-state index is 13.2. The van der Waals surface area contributed by atoms with E-state index in [1.165, 1.54) is 16.8 Å². The van der Waals surface area contributed by atoms with Gasteiger partial charge in [0.2, 0.25) is 5.91 Å². The van der Waals surface area contributed by atoms with Crippen molar-refractivity contribution in [3.05, 3.63) is 77.4 Å². The third-order valence-electron chi connectivity index (χ3n) is 5.47. The van der Waals surface area contributed by atoms with Gasteiger partial charge in [-0.1, -0.05) is 36.4 Å². The van der Waals surface area contributed by atoms with Gasteiger partial charge in [-0.2, -0.15) is 0 Å². The normalized spacial score (nSPS) is 12.7. The lowest BCUT2D eigenvalue weighted by atomic mass is 9.98. The number of aliphatic hydroxyl groups is 1. The summed E-state index contributed by atoms with van der Waals surface area (Å²) < 4.78 is 14.7. The first-order chi connectivity index (χ1) is 16.4. The Morgan fingerprint density at radius 1 is 1.12 bits per heavy atom. The van der Waals surface area contributed by atoms with E-state index in [-0.39, 0.29) is 24.2 Å². The van der Waals surface area contributed by atoms with Crippen LogP contribution in [0.15, 0.2) is 54.7 Å². The number of carbonyl (C=O) groups excluding carboxylic acids is 2. The number of hydrogen-bond acceptors (Lipinski definition) is 5. The van der Waals surface area contributed by atoms with Crippen molar-refractivity contribution < 1.29 is 19.1 Å². The first-order valence-corrected chi connectivity index (χ1v) is 11.1. The molecule has 180 valence electrons. The predicted octanol–water partition coefficient (Wildman–Crippen LogP) is 2.88. The maximum Gasteiger partial charge on any atom is 0.312 e. The van der Waals surface area contributed by atoms with Gasteiger partial charge < -0.3 is 21.5 Å². The van der Waals surface area contributed by atoms with Gasteiger partial charge in [0.15, 0.2) is 0 Å². The maximum absolute atomic E-state index is 13.2. The Kier molecular flexibility index (Phi) is 8.69. The number of urea groups is 1. The van der Waals surface area contributed by atoms with Crippen molar-refractivity contribution in [2.45, 2.75) is 44.8 Å². The number of aliphatic hydroxyl groups excluding tert-OH is 1. The monoisotopic (exact) mass is 468 g/mol. The molecule has 1 heterocycles. The van der Waals surface area contributed by atoms with E-state index in [1.54, 1.807) is 42.6 Å². The molecule has 10 heteroatoms. The largest absolute Gasteiger partial charge is 0.392 e. The molecule has 0 fully saturated rings. The lowest BCUT2D eigenvalue weighted by Crippen LogP contribution is -2.31. The van der Waals surface area contributed by atoms with Crippen LogP contribution in [0.2, 0.25) is 0 Å². The summed E-state index contributed by atoms with van der Waals surface area (Å²) in [6.45, 7) is 2.24. The molecule has 0 spiro atoms. The third kappa shape index (κ3) is 7.11. The summed E-state index contributed by atoms with van der Waals surface area (Å²) in [5, 5.41) is 23.0. The molecule has 0 aliphatic carbocycles. The highest BCUT2D eigenvalue weighted by Crippen LogP contribution is 2.22. The Morgan fingerprint density at radius 3 is 2.44 bits per heavy atom. The number of amides is 3. The number of rotatable bonds is 11. The molecular weight excluding hydrogens is 439 g/mol. The number of aromatic nitrogens is 3. The van der Waals surface area contributed by atoms with Gasteiger partial charge >= 0.3 is 6.03 Å². The van der Waals surface area contributed by atoms with E-state index in [0.29, 0.717) is 37.2 Å². The van der Waals surface area contributed by atoms with Crippen molar-refractivity contribution in [1.82, 2.24) is 20.3 Å². The van der Waals surface area contributed by atoms with Crippen molar-refractivity contribution >= 4 is 17.6 Å². The number of carbonyl (C=O) groups is 2. The van der Waals surface area contributed by atoms with E-state index in [9.17, 15) is 19.1 Å². The van der Waals surface area contributed by atoms with Crippen LogP contribution in [0.4, 0.5) is 14.9 Å². The highest BCUT2D eigenvalue weighted by molar-refractivity contribution is 5.93. The predicted molar refractivity (Wildman–Crippen MR) is 125 cm³/mol. The number of hydrogen-bond donors (Lipinski definition) is 4. The molecule has 2 atom stereocenters. The van der Waals surface area contributed by atoms with Gasteiger partial charge in [-0.3, -0.25) is 4.79 Å². The lowest BCUT2D eigenvalue weighted by molar-refractivity contribution is -0.119. The summed E-state index contributed by atoms with van der Waals surface area (Å²) in [6.07, 6.45) is 3.30. The minimum atomic E-state index is -0.661. The van der Waals surface area contributed by atoms with Crippen molar-refractivity contribution in [2.24, 2.45) is 5.73 Å². The summed E-state index contributed by atoms with van der Waals surface area (Å²) in [5.41, 5.74) is 8.13. The standard InChI is InChI=1S/C24H29FN6O3/c1-16(13-17-4-8-19(25)9-5-17)21-14-31(30-29-21)22(3-2-12-27-24(26)34)23(33)28-20-10-6-18(15-32)7-11-20/h4-11,14,16,22,32H,2-3,12-13,15H2,1H3,(H,28,33)(H3,26,27,34)/t16-,22-/m0/s1. The topological polar surface area (TPSA) is 135 Å². The van der Waals surface area contributed by atoms with Crippen LogP contribution in [-0.4, -0.2) is 38.6 Å². The molecule has 1 aromatic heterocycles. The zero-order chi connectivity index (χ0) is 24.5. The number of nitrogens with zero attached hydrogens (tertiary/aromatic N) is 3. The molecule has 9 nitrogen and oxygen atoms in total. The Bertz CT molecular complexity index is 1080. The average molecular weight is 469 g/mol. The number of nitrogens with two attached hydrogens (primary N) is 1.